The Morgan fingerprint density at radius 2 is 1.83 bits per heavy atom. The lowest BCUT2D eigenvalue weighted by atomic mass is 9.46. The predicted molar refractivity (Wildman–Crippen MR) is 103 cm³/mol. The molecule has 0 unspecified atom stereocenters. The van der Waals surface area contributed by atoms with Crippen LogP contribution in [0.25, 0.3) is 0 Å². The third-order valence-corrected chi connectivity index (χ3v) is 6.71. The third kappa shape index (κ3) is 3.41. The molecular formula is C22H28O7. The van der Waals surface area contributed by atoms with Gasteiger partial charge in [0.2, 0.25) is 0 Å². The second-order valence-electron chi connectivity index (χ2n) is 8.86. The summed E-state index contributed by atoms with van der Waals surface area (Å²) in [5, 5.41) is 11.4. The Bertz CT molecular complexity index is 806. The molecule has 7 heteroatoms. The fourth-order valence-corrected chi connectivity index (χ4v) is 5.46. The van der Waals surface area contributed by atoms with Crippen molar-refractivity contribution in [3.05, 3.63) is 36.0 Å². The molecule has 1 saturated carbocycles. The van der Waals surface area contributed by atoms with Crippen molar-refractivity contribution < 1.29 is 33.7 Å². The summed E-state index contributed by atoms with van der Waals surface area (Å²) in [7, 11) is 1.27. The zero-order valence-corrected chi connectivity index (χ0v) is 17.3. The van der Waals surface area contributed by atoms with E-state index in [-0.39, 0.29) is 17.9 Å². The van der Waals surface area contributed by atoms with Crippen molar-refractivity contribution >= 4 is 17.9 Å². The molecule has 1 aliphatic heterocycles. The number of esters is 3. The van der Waals surface area contributed by atoms with Crippen molar-refractivity contribution in [2.24, 2.45) is 16.7 Å². The lowest BCUT2D eigenvalue weighted by Gasteiger charge is -2.59. The number of methoxy groups -OCH3 is 1. The quantitative estimate of drug-likeness (QED) is 0.252. The normalized spacial score (nSPS) is 35.6. The van der Waals surface area contributed by atoms with Gasteiger partial charge in [-0.25, -0.2) is 14.4 Å². The van der Waals surface area contributed by atoms with Gasteiger partial charge in [0.25, 0.3) is 0 Å². The van der Waals surface area contributed by atoms with Crippen LogP contribution in [0.5, 0.6) is 0 Å². The highest BCUT2D eigenvalue weighted by molar-refractivity contribution is 5.89. The molecule has 4 atom stereocenters. The third-order valence-electron chi connectivity index (χ3n) is 6.71. The smallest absolute Gasteiger partial charge is 0.343 e. The van der Waals surface area contributed by atoms with Gasteiger partial charge in [0.05, 0.1) is 7.11 Å². The molecule has 0 radical (unpaired) electrons. The van der Waals surface area contributed by atoms with Gasteiger partial charge in [-0.3, -0.25) is 0 Å². The van der Waals surface area contributed by atoms with E-state index in [0.29, 0.717) is 12.0 Å². The van der Waals surface area contributed by atoms with E-state index in [1.165, 1.54) is 31.4 Å². The zero-order chi connectivity index (χ0) is 21.4. The maximum Gasteiger partial charge on any atom is 0.343 e. The highest BCUT2D eigenvalue weighted by Crippen LogP contribution is 2.63. The summed E-state index contributed by atoms with van der Waals surface area (Å²) in [6.45, 7) is 6.05. The fraction of sp³-hybridized carbons (Fsp3) is 0.591. The van der Waals surface area contributed by atoms with Gasteiger partial charge in [0.15, 0.2) is 5.60 Å². The Labute approximate surface area is 170 Å². The fourth-order valence-electron chi connectivity index (χ4n) is 5.46. The van der Waals surface area contributed by atoms with Crippen molar-refractivity contribution in [3.63, 3.8) is 0 Å². The van der Waals surface area contributed by atoms with Crippen LogP contribution in [-0.2, 0) is 28.6 Å². The lowest BCUT2D eigenvalue weighted by molar-refractivity contribution is -0.194. The number of carbonyl (C=O) groups is 3. The zero-order valence-electron chi connectivity index (χ0n) is 17.3. The SMILES string of the molecule is COC(=O)/C=C/C=C/C(=O)O[C@@H]1C=C2COC(=O)[C@]2(O)[C@@]2(C)CCCC(C)(C)[C@@H]12. The lowest BCUT2D eigenvalue weighted by Crippen LogP contribution is -2.65. The van der Waals surface area contributed by atoms with E-state index in [1.54, 1.807) is 6.08 Å². The summed E-state index contributed by atoms with van der Waals surface area (Å²) in [4.78, 5) is 36.0. The Morgan fingerprint density at radius 3 is 2.48 bits per heavy atom. The summed E-state index contributed by atoms with van der Waals surface area (Å²) in [6, 6.07) is 0. The second kappa shape index (κ2) is 7.44. The summed E-state index contributed by atoms with van der Waals surface area (Å²) >= 11 is 0. The predicted octanol–water partition coefficient (Wildman–Crippen LogP) is 2.24. The van der Waals surface area contributed by atoms with Crippen LogP contribution in [0.4, 0.5) is 0 Å². The van der Waals surface area contributed by atoms with E-state index in [9.17, 15) is 19.5 Å². The molecule has 1 heterocycles. The van der Waals surface area contributed by atoms with Crippen LogP contribution < -0.4 is 0 Å². The summed E-state index contributed by atoms with van der Waals surface area (Å²) in [6.07, 6.45) is 8.69. The molecule has 0 spiro atoms. The van der Waals surface area contributed by atoms with Gasteiger partial charge in [0, 0.05) is 29.1 Å². The molecule has 2 fully saturated rings. The van der Waals surface area contributed by atoms with E-state index < -0.39 is 35.0 Å². The maximum absolute atomic E-state index is 12.5. The van der Waals surface area contributed by atoms with Crippen molar-refractivity contribution in [2.45, 2.75) is 51.7 Å². The molecule has 7 nitrogen and oxygen atoms in total. The largest absolute Gasteiger partial charge is 0.466 e. The van der Waals surface area contributed by atoms with Crippen molar-refractivity contribution in [1.82, 2.24) is 0 Å². The Kier molecular flexibility index (Phi) is 5.47. The Hall–Kier alpha value is -2.41. The van der Waals surface area contributed by atoms with Crippen LogP contribution in [0, 0.1) is 16.7 Å². The first-order valence-corrected chi connectivity index (χ1v) is 9.80. The molecule has 1 N–H and O–H groups in total. The number of carbonyl (C=O) groups excluding carboxylic acids is 3. The van der Waals surface area contributed by atoms with Gasteiger partial charge in [-0.1, -0.05) is 39.3 Å². The van der Waals surface area contributed by atoms with Gasteiger partial charge >= 0.3 is 17.9 Å². The van der Waals surface area contributed by atoms with Crippen molar-refractivity contribution in [3.8, 4) is 0 Å². The van der Waals surface area contributed by atoms with Crippen LogP contribution in [0.15, 0.2) is 36.0 Å². The van der Waals surface area contributed by atoms with E-state index in [1.807, 2.05) is 6.92 Å². The van der Waals surface area contributed by atoms with E-state index >= 15 is 0 Å². The van der Waals surface area contributed by atoms with Crippen molar-refractivity contribution in [1.29, 1.82) is 0 Å². The van der Waals surface area contributed by atoms with Crippen LogP contribution in [0.2, 0.25) is 0 Å². The highest BCUT2D eigenvalue weighted by atomic mass is 16.6. The van der Waals surface area contributed by atoms with Gasteiger partial charge < -0.3 is 19.3 Å². The number of rotatable bonds is 4. The van der Waals surface area contributed by atoms with Gasteiger partial charge in [0.1, 0.15) is 12.7 Å². The summed E-state index contributed by atoms with van der Waals surface area (Å²) in [5.41, 5.74) is -2.28. The highest BCUT2D eigenvalue weighted by Gasteiger charge is 2.69. The number of fused-ring (bicyclic) bond motifs is 3. The molecule has 158 valence electrons. The average molecular weight is 404 g/mol. The molecule has 29 heavy (non-hydrogen) atoms. The summed E-state index contributed by atoms with van der Waals surface area (Å²) < 4.78 is 15.4. The number of aliphatic hydroxyl groups is 1. The monoisotopic (exact) mass is 404 g/mol. The first-order valence-electron chi connectivity index (χ1n) is 9.80. The minimum Gasteiger partial charge on any atom is -0.466 e. The number of cyclic esters (lactones) is 1. The molecular weight excluding hydrogens is 376 g/mol. The van der Waals surface area contributed by atoms with Gasteiger partial charge in [-0.05, 0) is 24.3 Å². The maximum atomic E-state index is 12.5. The van der Waals surface area contributed by atoms with E-state index in [2.05, 4.69) is 18.6 Å². The molecule has 0 aromatic heterocycles. The van der Waals surface area contributed by atoms with Crippen molar-refractivity contribution in [2.75, 3.05) is 13.7 Å². The molecule has 0 aromatic rings. The first-order chi connectivity index (χ1) is 13.6. The average Bonchev–Trinajstić information content (AvgIpc) is 2.94. The van der Waals surface area contributed by atoms with Crippen LogP contribution in [0.1, 0.15) is 40.0 Å². The molecule has 1 saturated heterocycles. The molecule has 0 amide bonds. The number of allylic oxidation sites excluding steroid dienone is 2. The van der Waals surface area contributed by atoms with Crippen LogP contribution in [-0.4, -0.2) is 48.4 Å². The molecule has 2 aliphatic carbocycles. The standard InChI is InChI=1S/C22H28O7/c1-20(2)10-7-11-21(3)18(20)15(12-14-13-28-19(25)22(14,21)26)29-17(24)9-6-5-8-16(23)27-4/h5-6,8-9,12,15,18,26H,7,10-11,13H2,1-4H3/b8-5+,9-6+/t15-,18-,21+,22+/m1/s1. The number of hydrogen-bond donors (Lipinski definition) is 1. The first kappa shape index (κ1) is 21.3. The number of ether oxygens (including phenoxy) is 3. The Morgan fingerprint density at radius 1 is 1.17 bits per heavy atom. The van der Waals surface area contributed by atoms with Gasteiger partial charge in [-0.15, -0.1) is 0 Å². The molecule has 0 bridgehead atoms. The van der Waals surface area contributed by atoms with E-state index in [4.69, 9.17) is 9.47 Å². The number of hydrogen-bond acceptors (Lipinski definition) is 7. The minimum absolute atomic E-state index is 0.00380. The molecule has 0 aromatic carbocycles. The topological polar surface area (TPSA) is 99.1 Å². The van der Waals surface area contributed by atoms with Crippen LogP contribution in [0.3, 0.4) is 0 Å². The Balaban J connectivity index is 1.90. The minimum atomic E-state index is -1.68. The second-order valence-corrected chi connectivity index (χ2v) is 8.86. The van der Waals surface area contributed by atoms with E-state index in [0.717, 1.165) is 12.8 Å². The van der Waals surface area contributed by atoms with Crippen LogP contribution >= 0.6 is 0 Å². The summed E-state index contributed by atoms with van der Waals surface area (Å²) in [5.74, 6) is -1.97. The molecule has 3 aliphatic rings. The molecule has 3 rings (SSSR count). The van der Waals surface area contributed by atoms with Gasteiger partial charge in [-0.2, -0.15) is 0 Å².